The second-order valence-electron chi connectivity index (χ2n) is 6.27. The lowest BCUT2D eigenvalue weighted by Crippen LogP contribution is -2.41. The van der Waals surface area contributed by atoms with E-state index in [2.05, 4.69) is 25.5 Å². The molecule has 0 saturated carbocycles. The molecule has 0 aliphatic carbocycles. The van der Waals surface area contributed by atoms with Crippen LogP contribution in [0, 0.1) is 13.8 Å². The second kappa shape index (κ2) is 10.0. The molecule has 0 aromatic carbocycles. The number of sulfonamides is 1. The zero-order valence-electron chi connectivity index (χ0n) is 17.0. The molecule has 3 N–H and O–H groups in total. The number of nitrogens with one attached hydrogen (secondary N) is 3. The van der Waals surface area contributed by atoms with Gasteiger partial charge in [0, 0.05) is 48.4 Å². The Balaban J connectivity index is 1.85. The minimum atomic E-state index is -3.50. The first-order valence-corrected chi connectivity index (χ1v) is 11.6. The standard InChI is InChI=1S/C18H29N5O3S2/c1-6-15-14(16(7-2)26-23-15)11-21-18(19-5)20-8-9-22-28(24,25)17-10-12(3)27-13(17)4/h10,22H,6-9,11H2,1-5H3,(H2,19,20,21). The van der Waals surface area contributed by atoms with Gasteiger partial charge in [-0.2, -0.15) is 0 Å². The molecule has 0 amide bonds. The van der Waals surface area contributed by atoms with Gasteiger partial charge in [-0.25, -0.2) is 13.1 Å². The molecule has 156 valence electrons. The van der Waals surface area contributed by atoms with E-state index in [1.807, 2.05) is 27.7 Å². The van der Waals surface area contributed by atoms with E-state index in [4.69, 9.17) is 4.52 Å². The van der Waals surface area contributed by atoms with E-state index in [9.17, 15) is 8.42 Å². The fraction of sp³-hybridized carbons (Fsp3) is 0.556. The fourth-order valence-corrected chi connectivity index (χ4v) is 5.43. The first-order chi connectivity index (χ1) is 13.3. The van der Waals surface area contributed by atoms with Crippen LogP contribution in [-0.4, -0.2) is 39.7 Å². The predicted octanol–water partition coefficient (Wildman–Crippen LogP) is 2.12. The number of thiophene rings is 1. The van der Waals surface area contributed by atoms with Crippen molar-refractivity contribution in [1.82, 2.24) is 20.5 Å². The Bertz CT molecular complexity index is 894. The third-order valence-corrected chi connectivity index (χ3v) is 6.94. The summed E-state index contributed by atoms with van der Waals surface area (Å²) in [6.07, 6.45) is 1.58. The summed E-state index contributed by atoms with van der Waals surface area (Å²) < 4.78 is 32.8. The van der Waals surface area contributed by atoms with Gasteiger partial charge >= 0.3 is 0 Å². The average molecular weight is 428 g/mol. The van der Waals surface area contributed by atoms with Gasteiger partial charge in [-0.05, 0) is 26.3 Å². The van der Waals surface area contributed by atoms with Gasteiger partial charge in [0.2, 0.25) is 10.0 Å². The number of rotatable bonds is 9. The molecule has 0 aliphatic heterocycles. The van der Waals surface area contributed by atoms with Crippen LogP contribution >= 0.6 is 11.3 Å². The lowest BCUT2D eigenvalue weighted by atomic mass is 10.1. The Morgan fingerprint density at radius 1 is 1.21 bits per heavy atom. The van der Waals surface area contributed by atoms with Gasteiger partial charge in [-0.3, -0.25) is 4.99 Å². The predicted molar refractivity (Wildman–Crippen MR) is 112 cm³/mol. The molecular weight excluding hydrogens is 398 g/mol. The topological polar surface area (TPSA) is 109 Å². The Hall–Kier alpha value is -1.91. The highest BCUT2D eigenvalue weighted by molar-refractivity contribution is 7.89. The smallest absolute Gasteiger partial charge is 0.241 e. The van der Waals surface area contributed by atoms with Gasteiger partial charge in [0.1, 0.15) is 5.76 Å². The van der Waals surface area contributed by atoms with Gasteiger partial charge in [0.15, 0.2) is 5.96 Å². The van der Waals surface area contributed by atoms with Gasteiger partial charge in [0.25, 0.3) is 0 Å². The molecule has 0 saturated heterocycles. The SMILES string of the molecule is CCc1noc(CC)c1CNC(=NC)NCCNS(=O)(=O)c1cc(C)sc1C. The molecule has 2 rings (SSSR count). The fourth-order valence-electron chi connectivity index (χ4n) is 2.85. The van der Waals surface area contributed by atoms with Gasteiger partial charge < -0.3 is 15.2 Å². The molecule has 0 bridgehead atoms. The number of nitrogens with zero attached hydrogens (tertiary/aromatic N) is 2. The Morgan fingerprint density at radius 3 is 2.54 bits per heavy atom. The van der Waals surface area contributed by atoms with Crippen molar-refractivity contribution in [3.63, 3.8) is 0 Å². The molecule has 10 heteroatoms. The highest BCUT2D eigenvalue weighted by atomic mass is 32.2. The minimum absolute atomic E-state index is 0.255. The van der Waals surface area contributed by atoms with Crippen molar-refractivity contribution < 1.29 is 12.9 Å². The number of aryl methyl sites for hydroxylation is 4. The summed E-state index contributed by atoms with van der Waals surface area (Å²) >= 11 is 1.48. The third-order valence-electron chi connectivity index (χ3n) is 4.26. The first-order valence-electron chi connectivity index (χ1n) is 9.29. The van der Waals surface area contributed by atoms with Crippen LogP contribution in [0.5, 0.6) is 0 Å². The highest BCUT2D eigenvalue weighted by Gasteiger charge is 2.18. The normalized spacial score (nSPS) is 12.4. The van der Waals surface area contributed by atoms with E-state index in [1.54, 1.807) is 13.1 Å². The summed E-state index contributed by atoms with van der Waals surface area (Å²) in [4.78, 5) is 6.30. The maximum Gasteiger partial charge on any atom is 0.241 e. The second-order valence-corrected chi connectivity index (χ2v) is 9.46. The van der Waals surface area contributed by atoms with Crippen molar-refractivity contribution in [2.45, 2.75) is 52.0 Å². The Morgan fingerprint density at radius 2 is 1.96 bits per heavy atom. The van der Waals surface area contributed by atoms with E-state index >= 15 is 0 Å². The Kier molecular flexibility index (Phi) is 8.02. The number of guanidine groups is 1. The van der Waals surface area contributed by atoms with Crippen molar-refractivity contribution >= 4 is 27.3 Å². The zero-order chi connectivity index (χ0) is 20.7. The summed E-state index contributed by atoms with van der Waals surface area (Å²) in [5, 5.41) is 10.4. The largest absolute Gasteiger partial charge is 0.361 e. The molecule has 0 unspecified atom stereocenters. The number of hydrogen-bond donors (Lipinski definition) is 3. The molecule has 0 atom stereocenters. The molecular formula is C18H29N5O3S2. The summed E-state index contributed by atoms with van der Waals surface area (Å²) in [6, 6.07) is 1.70. The van der Waals surface area contributed by atoms with Gasteiger partial charge in [0.05, 0.1) is 10.6 Å². The Labute approximate surface area is 170 Å². The van der Waals surface area contributed by atoms with Crippen molar-refractivity contribution in [3.05, 3.63) is 32.8 Å². The third kappa shape index (κ3) is 5.55. The molecule has 2 heterocycles. The van der Waals surface area contributed by atoms with Crippen LogP contribution in [0.1, 0.15) is 40.6 Å². The van der Waals surface area contributed by atoms with Crippen molar-refractivity contribution in [1.29, 1.82) is 0 Å². The van der Waals surface area contributed by atoms with Gasteiger partial charge in [-0.15, -0.1) is 11.3 Å². The number of hydrogen-bond acceptors (Lipinski definition) is 6. The number of aliphatic imine (C=N–C) groups is 1. The van der Waals surface area contributed by atoms with Crippen LogP contribution in [-0.2, 0) is 29.4 Å². The zero-order valence-corrected chi connectivity index (χ0v) is 18.7. The maximum absolute atomic E-state index is 12.4. The molecule has 0 aliphatic rings. The van der Waals surface area contributed by atoms with Gasteiger partial charge in [-0.1, -0.05) is 19.0 Å². The summed E-state index contributed by atoms with van der Waals surface area (Å²) in [5.41, 5.74) is 1.99. The molecule has 0 spiro atoms. The van der Waals surface area contributed by atoms with Crippen molar-refractivity contribution in [2.24, 2.45) is 4.99 Å². The molecule has 28 heavy (non-hydrogen) atoms. The summed E-state index contributed by atoms with van der Waals surface area (Å²) in [6.45, 7) is 9.00. The van der Waals surface area contributed by atoms with Crippen molar-refractivity contribution in [2.75, 3.05) is 20.1 Å². The van der Waals surface area contributed by atoms with E-state index < -0.39 is 10.0 Å². The molecule has 0 radical (unpaired) electrons. The van der Waals surface area contributed by atoms with E-state index in [0.717, 1.165) is 39.6 Å². The van der Waals surface area contributed by atoms with E-state index in [0.29, 0.717) is 23.9 Å². The highest BCUT2D eigenvalue weighted by Crippen LogP contribution is 2.24. The van der Waals surface area contributed by atoms with Crippen LogP contribution < -0.4 is 15.4 Å². The van der Waals surface area contributed by atoms with Crippen molar-refractivity contribution in [3.8, 4) is 0 Å². The van der Waals surface area contributed by atoms with Crippen LogP contribution in [0.4, 0.5) is 0 Å². The monoisotopic (exact) mass is 427 g/mol. The molecule has 2 aromatic rings. The van der Waals surface area contributed by atoms with Crippen LogP contribution in [0.2, 0.25) is 0 Å². The molecule has 8 nitrogen and oxygen atoms in total. The molecule has 0 fully saturated rings. The van der Waals surface area contributed by atoms with Crippen LogP contribution in [0.15, 0.2) is 20.5 Å². The van der Waals surface area contributed by atoms with E-state index in [-0.39, 0.29) is 6.54 Å². The lowest BCUT2D eigenvalue weighted by molar-refractivity contribution is 0.380. The summed E-state index contributed by atoms with van der Waals surface area (Å²) in [7, 11) is -1.83. The van der Waals surface area contributed by atoms with Crippen LogP contribution in [0.25, 0.3) is 0 Å². The quantitative estimate of drug-likeness (QED) is 0.321. The first kappa shape index (κ1) is 22.4. The average Bonchev–Trinajstić information content (AvgIpc) is 3.23. The maximum atomic E-state index is 12.4. The minimum Gasteiger partial charge on any atom is -0.361 e. The van der Waals surface area contributed by atoms with E-state index in [1.165, 1.54) is 11.3 Å². The summed E-state index contributed by atoms with van der Waals surface area (Å²) in [5.74, 6) is 1.46. The lowest BCUT2D eigenvalue weighted by Gasteiger charge is -2.13. The number of aromatic nitrogens is 1. The molecule has 2 aromatic heterocycles. The van der Waals surface area contributed by atoms with Crippen LogP contribution in [0.3, 0.4) is 0 Å².